The highest BCUT2D eigenvalue weighted by Gasteiger charge is 2.15. The first-order valence-corrected chi connectivity index (χ1v) is 8.27. The van der Waals surface area contributed by atoms with Gasteiger partial charge in [0.1, 0.15) is 0 Å². The zero-order chi connectivity index (χ0) is 17.9. The third-order valence-corrected chi connectivity index (χ3v) is 4.22. The molecular formula is C22H16N2O2. The average Bonchev–Trinajstić information content (AvgIpc) is 2.70. The first kappa shape index (κ1) is 15.8. The van der Waals surface area contributed by atoms with Gasteiger partial charge in [-0.2, -0.15) is 0 Å². The molecule has 4 aromatic rings. The van der Waals surface area contributed by atoms with Crippen LogP contribution in [-0.4, -0.2) is 15.9 Å². The lowest BCUT2D eigenvalue weighted by Gasteiger charge is -2.13. The van der Waals surface area contributed by atoms with E-state index in [-0.39, 0.29) is 11.4 Å². The van der Waals surface area contributed by atoms with Crippen molar-refractivity contribution in [1.29, 1.82) is 0 Å². The summed E-state index contributed by atoms with van der Waals surface area (Å²) in [5.74, 6) is -0.125. The van der Waals surface area contributed by atoms with E-state index in [1.165, 1.54) is 4.57 Å². The third kappa shape index (κ3) is 2.78. The summed E-state index contributed by atoms with van der Waals surface area (Å²) in [4.78, 5) is 17.4. The van der Waals surface area contributed by atoms with Crippen molar-refractivity contribution >= 4 is 22.7 Å². The zero-order valence-electron chi connectivity index (χ0n) is 13.9. The van der Waals surface area contributed by atoms with Crippen LogP contribution in [0.2, 0.25) is 0 Å². The Morgan fingerprint density at radius 2 is 1.35 bits per heavy atom. The molecule has 3 aromatic carbocycles. The second kappa shape index (κ2) is 6.69. The number of hydrogen-bond acceptors (Lipinski definition) is 3. The second-order valence-corrected chi connectivity index (χ2v) is 5.85. The average molecular weight is 340 g/mol. The maximum Gasteiger partial charge on any atom is 0.265 e. The highest BCUT2D eigenvalue weighted by atomic mass is 16.3. The minimum Gasteiger partial charge on any atom is -0.494 e. The van der Waals surface area contributed by atoms with Crippen LogP contribution in [0, 0.1) is 0 Å². The van der Waals surface area contributed by atoms with Crippen LogP contribution < -0.4 is 5.56 Å². The molecule has 1 aromatic heterocycles. The molecular weight excluding hydrogens is 324 g/mol. The predicted octanol–water partition coefficient (Wildman–Crippen LogP) is 4.45. The number of nitrogens with zero attached hydrogens (tertiary/aromatic N) is 2. The molecule has 1 N–H and O–H groups in total. The topological polar surface area (TPSA) is 54.6 Å². The molecule has 0 atom stereocenters. The lowest BCUT2D eigenvalue weighted by Crippen LogP contribution is -2.20. The van der Waals surface area contributed by atoms with E-state index in [1.54, 1.807) is 24.4 Å². The van der Waals surface area contributed by atoms with E-state index in [1.807, 2.05) is 66.7 Å². The largest absolute Gasteiger partial charge is 0.494 e. The number of hydrogen-bond donors (Lipinski definition) is 1. The van der Waals surface area contributed by atoms with E-state index in [0.717, 1.165) is 5.69 Å². The molecule has 0 amide bonds. The summed E-state index contributed by atoms with van der Waals surface area (Å²) in [7, 11) is 0. The van der Waals surface area contributed by atoms with E-state index in [9.17, 15) is 9.90 Å². The first-order valence-electron chi connectivity index (χ1n) is 8.27. The highest BCUT2D eigenvalue weighted by Crippen LogP contribution is 2.26. The number of aromatic nitrogens is 1. The van der Waals surface area contributed by atoms with Crippen molar-refractivity contribution in [3.63, 3.8) is 0 Å². The van der Waals surface area contributed by atoms with Gasteiger partial charge >= 0.3 is 0 Å². The van der Waals surface area contributed by atoms with Gasteiger partial charge in [0.25, 0.3) is 5.56 Å². The summed E-state index contributed by atoms with van der Waals surface area (Å²) in [6, 6.07) is 25.8. The van der Waals surface area contributed by atoms with Crippen LogP contribution in [0.15, 0.2) is 94.7 Å². The number of aromatic hydroxyl groups is 1. The number of pyridine rings is 1. The molecule has 0 aliphatic heterocycles. The van der Waals surface area contributed by atoms with Crippen LogP contribution in [0.4, 0.5) is 5.69 Å². The Morgan fingerprint density at radius 1 is 0.769 bits per heavy atom. The Hall–Kier alpha value is -3.66. The number of aliphatic imine (C=N–C) groups is 1. The van der Waals surface area contributed by atoms with Crippen LogP contribution >= 0.6 is 0 Å². The van der Waals surface area contributed by atoms with Crippen LogP contribution in [0.25, 0.3) is 16.5 Å². The normalized spacial score (nSPS) is 11.2. The summed E-state index contributed by atoms with van der Waals surface area (Å²) < 4.78 is 1.31. The van der Waals surface area contributed by atoms with Gasteiger partial charge in [0.05, 0.1) is 16.9 Å². The number of para-hydroxylation sites is 2. The standard InChI is InChI=1S/C22H16N2O2/c25-21-19-14-8-7-13-18(19)20(15-23-16-9-3-1-4-10-16)22(26)24(21)17-11-5-2-6-12-17/h1-15,26H. The van der Waals surface area contributed by atoms with Gasteiger partial charge in [-0.1, -0.05) is 54.6 Å². The number of benzene rings is 3. The van der Waals surface area contributed by atoms with E-state index in [4.69, 9.17) is 0 Å². The van der Waals surface area contributed by atoms with Crippen molar-refractivity contribution in [2.45, 2.75) is 0 Å². The predicted molar refractivity (Wildman–Crippen MR) is 105 cm³/mol. The fraction of sp³-hybridized carbons (Fsp3) is 0. The maximum atomic E-state index is 12.9. The zero-order valence-corrected chi connectivity index (χ0v) is 13.9. The molecule has 0 radical (unpaired) electrons. The minimum absolute atomic E-state index is 0.125. The van der Waals surface area contributed by atoms with Gasteiger partial charge in [0.2, 0.25) is 5.88 Å². The summed E-state index contributed by atoms with van der Waals surface area (Å²) in [6.07, 6.45) is 1.60. The molecule has 126 valence electrons. The molecule has 0 saturated carbocycles. The third-order valence-electron chi connectivity index (χ3n) is 4.22. The van der Waals surface area contributed by atoms with E-state index in [2.05, 4.69) is 4.99 Å². The van der Waals surface area contributed by atoms with Crippen molar-refractivity contribution in [2.75, 3.05) is 0 Å². The molecule has 0 saturated heterocycles. The number of fused-ring (bicyclic) bond motifs is 1. The molecule has 0 spiro atoms. The molecule has 4 rings (SSSR count). The monoisotopic (exact) mass is 340 g/mol. The van der Waals surface area contributed by atoms with Crippen LogP contribution in [0.5, 0.6) is 5.88 Å². The molecule has 4 heteroatoms. The Kier molecular flexibility index (Phi) is 4.07. The quantitative estimate of drug-likeness (QED) is 0.560. The number of rotatable bonds is 3. The molecule has 0 fully saturated rings. The van der Waals surface area contributed by atoms with Crippen LogP contribution in [-0.2, 0) is 0 Å². The van der Waals surface area contributed by atoms with Crippen molar-refractivity contribution in [1.82, 2.24) is 4.57 Å². The smallest absolute Gasteiger partial charge is 0.265 e. The highest BCUT2D eigenvalue weighted by molar-refractivity contribution is 6.02. The van der Waals surface area contributed by atoms with Crippen molar-refractivity contribution in [3.8, 4) is 11.6 Å². The van der Waals surface area contributed by atoms with Gasteiger partial charge < -0.3 is 5.11 Å². The Labute approximate surface area is 150 Å². The lowest BCUT2D eigenvalue weighted by molar-refractivity contribution is 0.436. The lowest BCUT2D eigenvalue weighted by atomic mass is 10.1. The maximum absolute atomic E-state index is 12.9. The molecule has 1 heterocycles. The fourth-order valence-electron chi connectivity index (χ4n) is 2.96. The van der Waals surface area contributed by atoms with Gasteiger partial charge in [-0.3, -0.25) is 9.79 Å². The molecule has 0 aliphatic carbocycles. The first-order chi connectivity index (χ1) is 12.8. The van der Waals surface area contributed by atoms with Crippen molar-refractivity contribution < 1.29 is 5.11 Å². The summed E-state index contributed by atoms with van der Waals surface area (Å²) in [5.41, 5.74) is 1.62. The van der Waals surface area contributed by atoms with E-state index in [0.29, 0.717) is 22.0 Å². The second-order valence-electron chi connectivity index (χ2n) is 5.85. The fourth-order valence-corrected chi connectivity index (χ4v) is 2.96. The van der Waals surface area contributed by atoms with Crippen LogP contribution in [0.3, 0.4) is 0 Å². The molecule has 0 aliphatic rings. The van der Waals surface area contributed by atoms with Crippen molar-refractivity contribution in [3.05, 3.63) is 101 Å². The van der Waals surface area contributed by atoms with E-state index >= 15 is 0 Å². The van der Waals surface area contributed by atoms with E-state index < -0.39 is 0 Å². The Bertz CT molecular complexity index is 1150. The van der Waals surface area contributed by atoms with Gasteiger partial charge in [-0.15, -0.1) is 0 Å². The summed E-state index contributed by atoms with van der Waals surface area (Å²) in [5, 5.41) is 12.1. The van der Waals surface area contributed by atoms with Gasteiger partial charge in [0, 0.05) is 17.0 Å². The molecule has 4 nitrogen and oxygen atoms in total. The van der Waals surface area contributed by atoms with Gasteiger partial charge in [0.15, 0.2) is 0 Å². The summed E-state index contributed by atoms with van der Waals surface area (Å²) >= 11 is 0. The molecule has 0 unspecified atom stereocenters. The molecule has 0 bridgehead atoms. The molecule has 26 heavy (non-hydrogen) atoms. The Morgan fingerprint density at radius 3 is 2.04 bits per heavy atom. The van der Waals surface area contributed by atoms with Crippen molar-refractivity contribution in [2.24, 2.45) is 4.99 Å². The minimum atomic E-state index is -0.263. The Balaban J connectivity index is 2.00. The van der Waals surface area contributed by atoms with Gasteiger partial charge in [-0.05, 0) is 30.3 Å². The van der Waals surface area contributed by atoms with Crippen LogP contribution in [0.1, 0.15) is 5.56 Å². The summed E-state index contributed by atoms with van der Waals surface area (Å²) in [6.45, 7) is 0. The van der Waals surface area contributed by atoms with Gasteiger partial charge in [-0.25, -0.2) is 4.57 Å². The SMILES string of the molecule is O=c1c2ccccc2c(C=Nc2ccccc2)c(O)n1-c1ccccc1.